The summed E-state index contributed by atoms with van der Waals surface area (Å²) >= 11 is 0. The largest absolute Gasteiger partial charge is 0.494 e. The molecule has 4 rings (SSSR count). The summed E-state index contributed by atoms with van der Waals surface area (Å²) in [4.78, 5) is 0. The maximum Gasteiger partial charge on any atom is 0.130 e. The van der Waals surface area contributed by atoms with Crippen LogP contribution in [0.2, 0.25) is 0 Å². The minimum Gasteiger partial charge on any atom is -0.494 e. The third-order valence-electron chi connectivity index (χ3n) is 5.08. The fraction of sp³-hybridized carbons (Fsp3) is 0.647. The smallest absolute Gasteiger partial charge is 0.130 e. The zero-order valence-electron chi connectivity index (χ0n) is 13.5. The first-order chi connectivity index (χ1) is 11.3. The molecule has 0 aromatic carbocycles. The molecule has 126 valence electrons. The number of hydrogen-bond acceptors (Lipinski definition) is 6. The Morgan fingerprint density at radius 2 is 2.00 bits per heavy atom. The molecular weight excluding hydrogens is 290 g/mol. The number of nitrogens with two attached hydrogens (primary N) is 1. The lowest BCUT2D eigenvalue weighted by atomic mass is 9.95. The van der Waals surface area contributed by atoms with Crippen LogP contribution in [-0.2, 0) is 4.74 Å². The Labute approximate surface area is 137 Å². The molecule has 2 atom stereocenters. The van der Waals surface area contributed by atoms with Gasteiger partial charge in [-0.1, -0.05) is 6.42 Å². The topological polar surface area (TPSA) is 83.4 Å². The molecule has 23 heavy (non-hydrogen) atoms. The maximum atomic E-state index is 6.45. The summed E-state index contributed by atoms with van der Waals surface area (Å²) in [6.07, 6.45) is 11.9. The molecule has 6 N–H and O–H groups in total. The zero-order chi connectivity index (χ0) is 15.6. The Balaban J connectivity index is 1.58. The summed E-state index contributed by atoms with van der Waals surface area (Å²) in [5, 5.41) is 13.4. The van der Waals surface area contributed by atoms with Crippen molar-refractivity contribution in [2.24, 2.45) is 5.73 Å². The average molecular weight is 317 g/mol. The van der Waals surface area contributed by atoms with Crippen molar-refractivity contribution in [1.29, 1.82) is 0 Å². The summed E-state index contributed by atoms with van der Waals surface area (Å²) < 4.78 is 6.45. The first-order valence-electron chi connectivity index (χ1n) is 8.87. The van der Waals surface area contributed by atoms with Crippen molar-refractivity contribution in [2.45, 2.75) is 57.1 Å². The Morgan fingerprint density at radius 1 is 1.13 bits per heavy atom. The van der Waals surface area contributed by atoms with E-state index in [9.17, 15) is 0 Å². The zero-order valence-corrected chi connectivity index (χ0v) is 13.5. The normalized spacial score (nSPS) is 31.7. The van der Waals surface area contributed by atoms with Gasteiger partial charge in [0.1, 0.15) is 18.2 Å². The highest BCUT2D eigenvalue weighted by Gasteiger charge is 2.33. The molecule has 4 aliphatic rings. The van der Waals surface area contributed by atoms with Gasteiger partial charge in [0.15, 0.2) is 0 Å². The molecule has 0 aromatic heterocycles. The van der Waals surface area contributed by atoms with E-state index in [1.807, 2.05) is 0 Å². The van der Waals surface area contributed by atoms with E-state index in [0.717, 1.165) is 31.0 Å². The van der Waals surface area contributed by atoms with Crippen LogP contribution in [0.3, 0.4) is 0 Å². The number of allylic oxidation sites excluding steroid dienone is 1. The van der Waals surface area contributed by atoms with Crippen LogP contribution in [0, 0.1) is 0 Å². The lowest BCUT2D eigenvalue weighted by molar-refractivity contribution is 0.0714. The van der Waals surface area contributed by atoms with Crippen molar-refractivity contribution in [3.63, 3.8) is 0 Å². The van der Waals surface area contributed by atoms with E-state index >= 15 is 0 Å². The van der Waals surface area contributed by atoms with E-state index in [4.69, 9.17) is 10.5 Å². The van der Waals surface area contributed by atoms with Crippen molar-refractivity contribution in [1.82, 2.24) is 21.3 Å². The fourth-order valence-electron chi connectivity index (χ4n) is 3.90. The number of ether oxygens (including phenoxy) is 1. The van der Waals surface area contributed by atoms with Gasteiger partial charge in [0.25, 0.3) is 0 Å². The summed E-state index contributed by atoms with van der Waals surface area (Å²) in [6, 6.07) is 0. The third-order valence-corrected chi connectivity index (χ3v) is 5.08. The number of rotatable bonds is 3. The van der Waals surface area contributed by atoms with Gasteiger partial charge in [-0.25, -0.2) is 0 Å². The molecule has 0 aromatic rings. The molecule has 3 aliphatic heterocycles. The van der Waals surface area contributed by atoms with E-state index < -0.39 is 0 Å². The second kappa shape index (κ2) is 6.55. The first-order valence-corrected chi connectivity index (χ1v) is 8.87. The van der Waals surface area contributed by atoms with E-state index in [0.29, 0.717) is 6.10 Å². The number of fused-ring (bicyclic) bond motifs is 1. The van der Waals surface area contributed by atoms with Gasteiger partial charge in [-0.05, 0) is 31.8 Å². The van der Waals surface area contributed by atoms with Gasteiger partial charge < -0.3 is 15.4 Å². The van der Waals surface area contributed by atoms with Gasteiger partial charge in [0.2, 0.25) is 0 Å². The second-order valence-electron chi connectivity index (χ2n) is 6.72. The molecule has 6 nitrogen and oxygen atoms in total. The van der Waals surface area contributed by atoms with Crippen LogP contribution >= 0.6 is 0 Å². The van der Waals surface area contributed by atoms with Gasteiger partial charge in [0, 0.05) is 42.6 Å². The standard InChI is InChI=1S/C17H27N5O/c18-17-20-8-6-13(22-17)12-10-21-16-15(12)14(7-9-19-16)23-11-4-2-1-3-5-11/h6,10-11,16-17,19-22H,1-5,7-9,18H2. The van der Waals surface area contributed by atoms with Crippen LogP contribution < -0.4 is 27.0 Å². The summed E-state index contributed by atoms with van der Waals surface area (Å²) in [5.41, 5.74) is 9.51. The van der Waals surface area contributed by atoms with Crippen molar-refractivity contribution in [3.8, 4) is 0 Å². The van der Waals surface area contributed by atoms with Gasteiger partial charge in [0.05, 0.1) is 6.10 Å². The molecule has 0 saturated heterocycles. The fourth-order valence-corrected chi connectivity index (χ4v) is 3.90. The molecule has 0 bridgehead atoms. The molecule has 1 saturated carbocycles. The average Bonchev–Trinajstić information content (AvgIpc) is 3.01. The van der Waals surface area contributed by atoms with Crippen LogP contribution in [0.25, 0.3) is 0 Å². The maximum absolute atomic E-state index is 6.45. The Hall–Kier alpha value is -1.50. The van der Waals surface area contributed by atoms with Crippen molar-refractivity contribution in [2.75, 3.05) is 13.1 Å². The molecule has 1 aliphatic carbocycles. The van der Waals surface area contributed by atoms with Gasteiger partial charge >= 0.3 is 0 Å². The van der Waals surface area contributed by atoms with Gasteiger partial charge in [-0.3, -0.25) is 16.4 Å². The molecule has 0 radical (unpaired) electrons. The van der Waals surface area contributed by atoms with Crippen LogP contribution in [0.15, 0.2) is 34.9 Å². The minimum absolute atomic E-state index is 0.158. The van der Waals surface area contributed by atoms with Crippen molar-refractivity contribution in [3.05, 3.63) is 34.9 Å². The SMILES string of the molecule is NC1NCC=C(C2=CNC3NCCC(OC4CCCCC4)=C23)N1. The van der Waals surface area contributed by atoms with E-state index in [1.54, 1.807) is 0 Å². The van der Waals surface area contributed by atoms with Crippen LogP contribution in [0.5, 0.6) is 0 Å². The van der Waals surface area contributed by atoms with E-state index in [-0.39, 0.29) is 12.5 Å². The number of nitrogens with one attached hydrogen (secondary N) is 4. The van der Waals surface area contributed by atoms with E-state index in [1.165, 1.54) is 43.3 Å². The summed E-state index contributed by atoms with van der Waals surface area (Å²) in [7, 11) is 0. The minimum atomic E-state index is -0.199. The highest BCUT2D eigenvalue weighted by Crippen LogP contribution is 2.34. The van der Waals surface area contributed by atoms with Crippen LogP contribution in [0.4, 0.5) is 0 Å². The third kappa shape index (κ3) is 3.11. The molecular formula is C17H27N5O. The second-order valence-corrected chi connectivity index (χ2v) is 6.72. The molecule has 2 unspecified atom stereocenters. The Bertz CT molecular complexity index is 547. The van der Waals surface area contributed by atoms with Crippen LogP contribution in [0.1, 0.15) is 38.5 Å². The highest BCUT2D eigenvalue weighted by molar-refractivity contribution is 5.54. The van der Waals surface area contributed by atoms with E-state index in [2.05, 4.69) is 33.5 Å². The van der Waals surface area contributed by atoms with Gasteiger partial charge in [-0.15, -0.1) is 0 Å². The predicted octanol–water partition coefficient (Wildman–Crippen LogP) is 0.715. The first kappa shape index (κ1) is 15.1. The summed E-state index contributed by atoms with van der Waals surface area (Å²) in [5.74, 6) is 1.16. The quantitative estimate of drug-likeness (QED) is 0.527. The van der Waals surface area contributed by atoms with Crippen LogP contribution in [-0.4, -0.2) is 31.6 Å². The lowest BCUT2D eigenvalue weighted by Crippen LogP contribution is -2.52. The molecule has 1 fully saturated rings. The lowest BCUT2D eigenvalue weighted by Gasteiger charge is -2.32. The monoisotopic (exact) mass is 317 g/mol. The van der Waals surface area contributed by atoms with Gasteiger partial charge in [-0.2, -0.15) is 0 Å². The van der Waals surface area contributed by atoms with Crippen molar-refractivity contribution < 1.29 is 4.74 Å². The highest BCUT2D eigenvalue weighted by atomic mass is 16.5. The Kier molecular flexibility index (Phi) is 4.29. The predicted molar refractivity (Wildman–Crippen MR) is 89.8 cm³/mol. The Morgan fingerprint density at radius 3 is 2.83 bits per heavy atom. The molecule has 0 spiro atoms. The number of hydrogen-bond donors (Lipinski definition) is 5. The van der Waals surface area contributed by atoms with Crippen molar-refractivity contribution >= 4 is 0 Å². The summed E-state index contributed by atoms with van der Waals surface area (Å²) in [6.45, 7) is 1.74. The molecule has 0 amide bonds. The molecule has 6 heteroatoms. The molecule has 3 heterocycles.